The SMILES string of the molecule is CCOC(=O)N1C(=O)N(OS(=O)(=O)c2ccc(C)cc2)[C@]23C[C@@H](OCOC)CN2C(=O)c2cc(Br)c(Br)n2[C@H]13. The molecule has 2 saturated heterocycles. The number of carbonyl (C=O) groups excluding carboxylic acids is 3. The number of aromatic nitrogens is 1. The highest BCUT2D eigenvalue weighted by atomic mass is 79.9. The first kappa shape index (κ1) is 28.0. The molecule has 2 aromatic rings. The van der Waals surface area contributed by atoms with Crippen LogP contribution in [-0.4, -0.2) is 84.7 Å². The molecule has 16 heteroatoms. The van der Waals surface area contributed by atoms with Gasteiger partial charge in [-0.2, -0.15) is 13.5 Å². The molecule has 5 rings (SSSR count). The number of nitrogens with zero attached hydrogens (tertiary/aromatic N) is 4. The van der Waals surface area contributed by atoms with Crippen molar-refractivity contribution in [2.75, 3.05) is 27.1 Å². The van der Waals surface area contributed by atoms with E-state index in [1.807, 2.05) is 0 Å². The maximum absolute atomic E-state index is 14.0. The van der Waals surface area contributed by atoms with Crippen LogP contribution in [0.5, 0.6) is 0 Å². The first-order valence-corrected chi connectivity index (χ1v) is 14.8. The number of benzene rings is 1. The molecule has 0 N–H and O–H groups in total. The Kier molecular flexibility index (Phi) is 7.30. The summed E-state index contributed by atoms with van der Waals surface area (Å²) in [4.78, 5) is 42.9. The largest absolute Gasteiger partial charge is 0.449 e. The summed E-state index contributed by atoms with van der Waals surface area (Å²) in [5.41, 5.74) is -0.857. The lowest BCUT2D eigenvalue weighted by Gasteiger charge is -2.46. The summed E-state index contributed by atoms with van der Waals surface area (Å²) >= 11 is 6.83. The van der Waals surface area contributed by atoms with Crippen molar-refractivity contribution in [3.63, 3.8) is 0 Å². The van der Waals surface area contributed by atoms with E-state index in [4.69, 9.17) is 18.5 Å². The summed E-state index contributed by atoms with van der Waals surface area (Å²) in [5, 5.41) is 0.584. The highest BCUT2D eigenvalue weighted by Gasteiger charge is 2.72. The zero-order chi connectivity index (χ0) is 28.3. The number of imide groups is 1. The van der Waals surface area contributed by atoms with Crippen LogP contribution in [0.2, 0.25) is 0 Å². The van der Waals surface area contributed by atoms with Gasteiger partial charge in [-0.25, -0.2) is 14.5 Å². The van der Waals surface area contributed by atoms with Crippen LogP contribution in [0.1, 0.15) is 35.6 Å². The van der Waals surface area contributed by atoms with Crippen LogP contribution >= 0.6 is 31.9 Å². The van der Waals surface area contributed by atoms with Crippen LogP contribution in [0, 0.1) is 6.92 Å². The molecule has 0 saturated carbocycles. The molecule has 0 aliphatic carbocycles. The summed E-state index contributed by atoms with van der Waals surface area (Å²) in [5.74, 6) is -0.527. The number of hydroxylamine groups is 2. The molecule has 4 amide bonds. The molecule has 4 heterocycles. The van der Waals surface area contributed by atoms with Gasteiger partial charge in [-0.05, 0) is 63.9 Å². The third kappa shape index (κ3) is 4.28. The van der Waals surface area contributed by atoms with E-state index in [0.29, 0.717) is 14.1 Å². The van der Waals surface area contributed by atoms with Crippen molar-refractivity contribution in [3.8, 4) is 0 Å². The smallest absolute Gasteiger partial charge is 0.419 e. The number of fused-ring (bicyclic) bond motifs is 2. The Morgan fingerprint density at radius 3 is 2.51 bits per heavy atom. The molecule has 0 radical (unpaired) electrons. The van der Waals surface area contributed by atoms with Crippen LogP contribution in [-0.2, 0) is 28.6 Å². The van der Waals surface area contributed by atoms with E-state index in [-0.39, 0.29) is 37.0 Å². The zero-order valence-corrected chi connectivity index (χ0v) is 25.0. The molecule has 2 fully saturated rings. The van der Waals surface area contributed by atoms with E-state index in [2.05, 4.69) is 31.9 Å². The molecule has 1 aromatic carbocycles. The van der Waals surface area contributed by atoms with Gasteiger partial charge in [0.1, 0.15) is 17.1 Å². The summed E-state index contributed by atoms with van der Waals surface area (Å²) in [6.45, 7) is 3.15. The topological polar surface area (TPSA) is 137 Å². The van der Waals surface area contributed by atoms with Crippen molar-refractivity contribution in [2.45, 2.75) is 43.1 Å². The lowest BCUT2D eigenvalue weighted by atomic mass is 9.99. The highest BCUT2D eigenvalue weighted by molar-refractivity contribution is 9.13. The van der Waals surface area contributed by atoms with Crippen molar-refractivity contribution >= 4 is 60.0 Å². The predicted molar refractivity (Wildman–Crippen MR) is 140 cm³/mol. The number of aryl methyl sites for hydroxylation is 1. The fourth-order valence-corrected chi connectivity index (χ4v) is 7.02. The summed E-state index contributed by atoms with van der Waals surface area (Å²) < 4.78 is 50.6. The Morgan fingerprint density at radius 2 is 1.87 bits per heavy atom. The van der Waals surface area contributed by atoms with E-state index in [1.54, 1.807) is 32.0 Å². The van der Waals surface area contributed by atoms with Crippen LogP contribution < -0.4 is 0 Å². The third-order valence-electron chi connectivity index (χ3n) is 6.78. The van der Waals surface area contributed by atoms with Crippen molar-refractivity contribution < 1.29 is 41.3 Å². The third-order valence-corrected chi connectivity index (χ3v) is 9.92. The van der Waals surface area contributed by atoms with Gasteiger partial charge in [-0.1, -0.05) is 17.7 Å². The van der Waals surface area contributed by atoms with E-state index in [9.17, 15) is 22.8 Å². The Bertz CT molecular complexity index is 1450. The van der Waals surface area contributed by atoms with Crippen molar-refractivity contribution in [2.24, 2.45) is 0 Å². The zero-order valence-electron chi connectivity index (χ0n) is 21.0. The van der Waals surface area contributed by atoms with E-state index < -0.39 is 46.1 Å². The van der Waals surface area contributed by atoms with Gasteiger partial charge >= 0.3 is 22.2 Å². The van der Waals surface area contributed by atoms with Gasteiger partial charge in [0.25, 0.3) is 5.91 Å². The van der Waals surface area contributed by atoms with Crippen molar-refractivity contribution in [1.29, 1.82) is 0 Å². The second-order valence-corrected chi connectivity index (χ2v) is 12.2. The molecular formula is C23H24Br2N4O9S. The Hall–Kier alpha value is -2.50. The quantitative estimate of drug-likeness (QED) is 0.399. The van der Waals surface area contributed by atoms with E-state index >= 15 is 0 Å². The molecule has 0 bridgehead atoms. The lowest BCUT2D eigenvalue weighted by Crippen LogP contribution is -2.63. The number of hydrogen-bond donors (Lipinski definition) is 0. The van der Waals surface area contributed by atoms with Gasteiger partial charge in [0.05, 0.1) is 28.6 Å². The Balaban J connectivity index is 1.71. The summed E-state index contributed by atoms with van der Waals surface area (Å²) in [6, 6.07) is 6.25. The highest BCUT2D eigenvalue weighted by Crippen LogP contribution is 2.55. The maximum Gasteiger partial charge on any atom is 0.419 e. The number of halogens is 2. The standard InChI is InChI=1S/C23H24Br2N4O9S/c1-4-36-22(32)28-20-23(29(21(28)31)38-39(33,34)15-7-5-13(2)6-8-15)10-14(37-12-35-3)11-26(23)19(30)17-9-16(24)18(25)27(17)20/h5-9,14,20H,4,10-12H2,1-3H3/t14-,20-,23+/m1/s1. The predicted octanol–water partition coefficient (Wildman–Crippen LogP) is 3.58. The van der Waals surface area contributed by atoms with Gasteiger partial charge in [0, 0.05) is 13.5 Å². The summed E-state index contributed by atoms with van der Waals surface area (Å²) in [6.07, 6.45) is -3.10. The van der Waals surface area contributed by atoms with Gasteiger partial charge in [-0.3, -0.25) is 4.79 Å². The first-order valence-electron chi connectivity index (χ1n) is 11.8. The summed E-state index contributed by atoms with van der Waals surface area (Å²) in [7, 11) is -3.16. The monoisotopic (exact) mass is 690 g/mol. The van der Waals surface area contributed by atoms with Gasteiger partial charge < -0.3 is 23.7 Å². The van der Waals surface area contributed by atoms with Crippen LogP contribution in [0.3, 0.4) is 0 Å². The van der Waals surface area contributed by atoms with Crippen LogP contribution in [0.4, 0.5) is 9.59 Å². The second-order valence-electron chi connectivity index (χ2n) is 9.09. The number of methoxy groups -OCH3 is 1. The van der Waals surface area contributed by atoms with Gasteiger partial charge in [0.2, 0.25) is 0 Å². The Morgan fingerprint density at radius 1 is 1.18 bits per heavy atom. The lowest BCUT2D eigenvalue weighted by molar-refractivity contribution is -0.147. The molecule has 3 aliphatic rings. The first-order chi connectivity index (χ1) is 18.5. The number of ether oxygens (including phenoxy) is 3. The van der Waals surface area contributed by atoms with Gasteiger partial charge in [0.15, 0.2) is 11.8 Å². The fourth-order valence-electron chi connectivity index (χ4n) is 5.17. The van der Waals surface area contributed by atoms with E-state index in [1.165, 1.54) is 28.7 Å². The molecule has 1 spiro atoms. The van der Waals surface area contributed by atoms with E-state index in [0.717, 1.165) is 10.5 Å². The molecule has 13 nitrogen and oxygen atoms in total. The average molecular weight is 692 g/mol. The minimum absolute atomic E-state index is 0.0342. The molecular weight excluding hydrogens is 668 g/mol. The number of hydrogen-bond acceptors (Lipinski definition) is 9. The molecule has 39 heavy (non-hydrogen) atoms. The number of rotatable bonds is 7. The maximum atomic E-state index is 14.0. The van der Waals surface area contributed by atoms with Crippen molar-refractivity contribution in [1.82, 2.24) is 19.4 Å². The molecule has 1 aromatic heterocycles. The number of urea groups is 1. The number of amides is 4. The van der Waals surface area contributed by atoms with Crippen molar-refractivity contribution in [3.05, 3.63) is 50.7 Å². The normalized spacial score (nSPS) is 24.2. The average Bonchev–Trinajstić information content (AvgIpc) is 3.49. The molecule has 210 valence electrons. The molecule has 3 aliphatic heterocycles. The minimum Gasteiger partial charge on any atom is -0.449 e. The number of carbonyl (C=O) groups is 3. The van der Waals surface area contributed by atoms with Crippen LogP contribution in [0.15, 0.2) is 44.3 Å². The second kappa shape index (κ2) is 10.2. The molecule has 0 unspecified atom stereocenters. The van der Waals surface area contributed by atoms with Gasteiger partial charge in [-0.15, -0.1) is 4.28 Å². The van der Waals surface area contributed by atoms with Crippen LogP contribution in [0.25, 0.3) is 0 Å². The Labute approximate surface area is 240 Å². The fraction of sp³-hybridized carbons (Fsp3) is 0.435. The molecule has 3 atom stereocenters. The minimum atomic E-state index is -4.59.